The minimum absolute atomic E-state index is 0.0767. The summed E-state index contributed by atoms with van der Waals surface area (Å²) in [5.74, 6) is -0.0767. The van der Waals surface area contributed by atoms with Crippen LogP contribution in [0.2, 0.25) is 0 Å². The van der Waals surface area contributed by atoms with Gasteiger partial charge in [-0.25, -0.2) is 4.79 Å². The van der Waals surface area contributed by atoms with Crippen LogP contribution in [0.1, 0.15) is 23.6 Å². The molecule has 2 atom stereocenters. The van der Waals surface area contributed by atoms with Crippen molar-refractivity contribution in [3.8, 4) is 0 Å². The zero-order valence-corrected chi connectivity index (χ0v) is 12.6. The van der Waals surface area contributed by atoms with Crippen molar-refractivity contribution in [2.45, 2.75) is 25.1 Å². The van der Waals surface area contributed by atoms with Crippen LogP contribution in [0.5, 0.6) is 0 Å². The minimum Gasteiger partial charge on any atom is -0.445 e. The number of carbonyl (C=O) groups is 2. The molecule has 118 valence electrons. The van der Waals surface area contributed by atoms with Gasteiger partial charge in [0.2, 0.25) is 5.91 Å². The van der Waals surface area contributed by atoms with E-state index < -0.39 is 6.09 Å². The summed E-state index contributed by atoms with van der Waals surface area (Å²) in [4.78, 5) is 23.7. The summed E-state index contributed by atoms with van der Waals surface area (Å²) in [5.41, 5.74) is 1.88. The van der Waals surface area contributed by atoms with Crippen molar-refractivity contribution in [1.29, 1.82) is 0 Å². The third-order valence-corrected chi connectivity index (χ3v) is 3.80. The first-order chi connectivity index (χ1) is 11.2. The van der Waals surface area contributed by atoms with Gasteiger partial charge in [0.15, 0.2) is 0 Å². The maximum atomic E-state index is 12.0. The zero-order chi connectivity index (χ0) is 16.1. The van der Waals surface area contributed by atoms with Gasteiger partial charge >= 0.3 is 6.09 Å². The average Bonchev–Trinajstić information content (AvgIpc) is 2.95. The van der Waals surface area contributed by atoms with Gasteiger partial charge in [0.1, 0.15) is 6.61 Å². The van der Waals surface area contributed by atoms with E-state index in [1.165, 1.54) is 0 Å². The Morgan fingerprint density at radius 1 is 1.09 bits per heavy atom. The lowest BCUT2D eigenvalue weighted by Gasteiger charge is -2.20. The Bertz CT molecular complexity index is 673. The van der Waals surface area contributed by atoms with Crippen molar-refractivity contribution in [3.05, 3.63) is 71.8 Å². The quantitative estimate of drug-likeness (QED) is 0.912. The minimum atomic E-state index is -0.517. The first kappa shape index (κ1) is 15.1. The topological polar surface area (TPSA) is 67.4 Å². The van der Waals surface area contributed by atoms with Crippen LogP contribution in [-0.4, -0.2) is 18.0 Å². The van der Waals surface area contributed by atoms with Crippen LogP contribution in [0, 0.1) is 0 Å². The number of ether oxygens (including phenoxy) is 1. The summed E-state index contributed by atoms with van der Waals surface area (Å²) >= 11 is 0. The van der Waals surface area contributed by atoms with E-state index in [-0.39, 0.29) is 31.0 Å². The summed E-state index contributed by atoms with van der Waals surface area (Å²) in [5, 5.41) is 5.67. The first-order valence-electron chi connectivity index (χ1n) is 7.54. The molecule has 1 aliphatic rings. The van der Waals surface area contributed by atoms with E-state index in [2.05, 4.69) is 10.6 Å². The Morgan fingerprint density at radius 3 is 2.43 bits per heavy atom. The highest BCUT2D eigenvalue weighted by molar-refractivity contribution is 5.81. The number of rotatable bonds is 4. The summed E-state index contributed by atoms with van der Waals surface area (Å²) in [7, 11) is 0. The molecule has 0 aliphatic carbocycles. The van der Waals surface area contributed by atoms with E-state index >= 15 is 0 Å². The second kappa shape index (κ2) is 6.96. The molecule has 2 amide bonds. The molecule has 1 fully saturated rings. The standard InChI is InChI=1S/C18H18N2O3/c21-16-11-15(17(20-16)14-9-5-2-6-10-14)19-18(22)23-12-13-7-3-1-4-8-13/h1-10,15,17H,11-12H2,(H,19,22)(H,20,21). The van der Waals surface area contributed by atoms with Crippen molar-refractivity contribution >= 4 is 12.0 Å². The SMILES string of the molecule is O=C1CC(NC(=O)OCc2ccccc2)C(c2ccccc2)N1. The Hall–Kier alpha value is -2.82. The van der Waals surface area contributed by atoms with Gasteiger partial charge in [-0.3, -0.25) is 4.79 Å². The molecule has 0 aromatic heterocycles. The van der Waals surface area contributed by atoms with Gasteiger partial charge in [-0.1, -0.05) is 60.7 Å². The molecule has 5 nitrogen and oxygen atoms in total. The molecule has 1 saturated heterocycles. The number of nitrogens with one attached hydrogen (secondary N) is 2. The molecule has 2 aromatic carbocycles. The Balaban J connectivity index is 1.59. The lowest BCUT2D eigenvalue weighted by molar-refractivity contribution is -0.119. The van der Waals surface area contributed by atoms with E-state index in [0.29, 0.717) is 0 Å². The molecule has 0 bridgehead atoms. The molecule has 0 radical (unpaired) electrons. The van der Waals surface area contributed by atoms with Gasteiger partial charge in [-0.2, -0.15) is 0 Å². The van der Waals surface area contributed by atoms with Crippen LogP contribution < -0.4 is 10.6 Å². The Morgan fingerprint density at radius 2 is 1.74 bits per heavy atom. The summed E-state index contributed by atoms with van der Waals surface area (Å²) in [6.07, 6.45) is -0.267. The van der Waals surface area contributed by atoms with Crippen molar-refractivity contribution in [2.24, 2.45) is 0 Å². The van der Waals surface area contributed by atoms with Crippen LogP contribution in [0.25, 0.3) is 0 Å². The van der Waals surface area contributed by atoms with Crippen molar-refractivity contribution in [2.75, 3.05) is 0 Å². The molecule has 0 saturated carbocycles. The number of alkyl carbamates (subject to hydrolysis) is 1. The second-order valence-electron chi connectivity index (χ2n) is 5.47. The smallest absolute Gasteiger partial charge is 0.407 e. The summed E-state index contributed by atoms with van der Waals surface area (Å²) < 4.78 is 5.22. The van der Waals surface area contributed by atoms with E-state index in [1.54, 1.807) is 0 Å². The van der Waals surface area contributed by atoms with Crippen molar-refractivity contribution in [1.82, 2.24) is 10.6 Å². The highest BCUT2D eigenvalue weighted by Crippen LogP contribution is 2.24. The summed E-state index contributed by atoms with van der Waals surface area (Å²) in [6, 6.07) is 18.5. The fourth-order valence-electron chi connectivity index (χ4n) is 2.68. The zero-order valence-electron chi connectivity index (χ0n) is 12.6. The Labute approximate surface area is 134 Å². The molecule has 2 N–H and O–H groups in total. The predicted molar refractivity (Wildman–Crippen MR) is 85.5 cm³/mol. The van der Waals surface area contributed by atoms with Crippen LogP contribution in [0.4, 0.5) is 4.79 Å². The van der Waals surface area contributed by atoms with Gasteiger partial charge in [0, 0.05) is 6.42 Å². The van der Waals surface area contributed by atoms with Crippen LogP contribution >= 0.6 is 0 Å². The number of carbonyl (C=O) groups excluding carboxylic acids is 2. The third-order valence-electron chi connectivity index (χ3n) is 3.80. The second-order valence-corrected chi connectivity index (χ2v) is 5.47. The number of hydrogen-bond donors (Lipinski definition) is 2. The first-order valence-corrected chi connectivity index (χ1v) is 7.54. The molecule has 5 heteroatoms. The molecular weight excluding hydrogens is 292 g/mol. The van der Waals surface area contributed by atoms with Crippen LogP contribution in [0.15, 0.2) is 60.7 Å². The maximum absolute atomic E-state index is 12.0. The normalized spacial score (nSPS) is 19.9. The largest absolute Gasteiger partial charge is 0.445 e. The molecule has 23 heavy (non-hydrogen) atoms. The van der Waals surface area contributed by atoms with E-state index in [9.17, 15) is 9.59 Å². The Kier molecular flexibility index (Phi) is 4.57. The van der Waals surface area contributed by atoms with Crippen molar-refractivity contribution < 1.29 is 14.3 Å². The van der Waals surface area contributed by atoms with Gasteiger partial charge in [-0.15, -0.1) is 0 Å². The monoisotopic (exact) mass is 310 g/mol. The number of hydrogen-bond acceptors (Lipinski definition) is 3. The summed E-state index contributed by atoms with van der Waals surface area (Å²) in [6.45, 7) is 0.205. The van der Waals surface area contributed by atoms with E-state index in [1.807, 2.05) is 60.7 Å². The van der Waals surface area contributed by atoms with Gasteiger partial charge in [0.05, 0.1) is 12.1 Å². The van der Waals surface area contributed by atoms with Crippen LogP contribution in [0.3, 0.4) is 0 Å². The molecular formula is C18H18N2O3. The molecule has 2 unspecified atom stereocenters. The molecule has 0 spiro atoms. The number of amides is 2. The van der Waals surface area contributed by atoms with E-state index in [0.717, 1.165) is 11.1 Å². The van der Waals surface area contributed by atoms with Gasteiger partial charge in [-0.05, 0) is 11.1 Å². The lowest BCUT2D eigenvalue weighted by atomic mass is 10.0. The molecule has 1 heterocycles. The van der Waals surface area contributed by atoms with Gasteiger partial charge in [0.25, 0.3) is 0 Å². The highest BCUT2D eigenvalue weighted by Gasteiger charge is 2.34. The molecule has 1 aliphatic heterocycles. The number of benzene rings is 2. The maximum Gasteiger partial charge on any atom is 0.407 e. The van der Waals surface area contributed by atoms with E-state index in [4.69, 9.17) is 4.74 Å². The molecule has 3 rings (SSSR count). The van der Waals surface area contributed by atoms with Gasteiger partial charge < -0.3 is 15.4 Å². The average molecular weight is 310 g/mol. The highest BCUT2D eigenvalue weighted by atomic mass is 16.5. The third kappa shape index (κ3) is 3.88. The fourth-order valence-corrected chi connectivity index (χ4v) is 2.68. The lowest BCUT2D eigenvalue weighted by Crippen LogP contribution is -2.38. The predicted octanol–water partition coefficient (Wildman–Crippen LogP) is 2.54. The van der Waals surface area contributed by atoms with Crippen LogP contribution in [-0.2, 0) is 16.1 Å². The van der Waals surface area contributed by atoms with Crippen molar-refractivity contribution in [3.63, 3.8) is 0 Å². The molecule has 2 aromatic rings. The fraction of sp³-hybridized carbons (Fsp3) is 0.222.